The zero-order valence-corrected chi connectivity index (χ0v) is 15.7. The first-order valence-electron chi connectivity index (χ1n) is 7.58. The van der Waals surface area contributed by atoms with Crippen LogP contribution in [0.1, 0.15) is 20.8 Å². The van der Waals surface area contributed by atoms with E-state index in [1.807, 2.05) is 58.3 Å². The molecule has 2 aliphatic carbocycles. The van der Waals surface area contributed by atoms with Crippen LogP contribution in [0.4, 0.5) is 0 Å². The molecule has 1 aliphatic heterocycles. The Morgan fingerprint density at radius 3 is 1.76 bits per heavy atom. The molecule has 10 radical (unpaired) electrons. The minimum absolute atomic E-state index is 0. The van der Waals surface area contributed by atoms with Crippen molar-refractivity contribution < 1.29 is 36.1 Å². The average Bonchev–Trinajstić information content (AvgIpc) is 3.28. The Kier molecular flexibility index (Phi) is 9.12. The maximum absolute atomic E-state index is 11.7. The standard InChI is InChI=1S/C14H13O3.C6H7O.Fe/c1-8(2)11-12(14(16)17-13(11)15)9(3)10-6-4-5-7-10;1-7-6-4-2-3-5-6;/h4-7H,1-3H3;2-5H,1H3;/b12-9-;;. The normalized spacial score (nSPS) is 23.1. The topological polar surface area (TPSA) is 52.6 Å². The Morgan fingerprint density at radius 1 is 0.840 bits per heavy atom. The van der Waals surface area contributed by atoms with E-state index in [1.54, 1.807) is 21.0 Å². The fourth-order valence-corrected chi connectivity index (χ4v) is 2.45. The third-order valence-electron chi connectivity index (χ3n) is 3.68. The van der Waals surface area contributed by atoms with Crippen molar-refractivity contribution in [3.63, 3.8) is 0 Å². The number of carbonyl (C=O) groups is 2. The molecule has 25 heavy (non-hydrogen) atoms. The van der Waals surface area contributed by atoms with Gasteiger partial charge in [-0.3, -0.25) is 0 Å². The summed E-state index contributed by atoms with van der Waals surface area (Å²) in [6.45, 7) is 5.42. The van der Waals surface area contributed by atoms with Crippen molar-refractivity contribution in [2.24, 2.45) is 0 Å². The van der Waals surface area contributed by atoms with Crippen LogP contribution in [0.5, 0.6) is 0 Å². The van der Waals surface area contributed by atoms with Crippen molar-refractivity contribution in [3.05, 3.63) is 85.7 Å². The number of hydrogen-bond donors (Lipinski definition) is 0. The first-order chi connectivity index (χ1) is 11.5. The van der Waals surface area contributed by atoms with Gasteiger partial charge >= 0.3 is 11.9 Å². The molecule has 0 bridgehead atoms. The summed E-state index contributed by atoms with van der Waals surface area (Å²) in [7, 11) is 1.66. The number of methoxy groups -OCH3 is 1. The van der Waals surface area contributed by atoms with Crippen LogP contribution in [-0.4, -0.2) is 19.0 Å². The van der Waals surface area contributed by atoms with E-state index in [9.17, 15) is 9.59 Å². The van der Waals surface area contributed by atoms with Gasteiger partial charge in [-0.05, 0) is 59.3 Å². The van der Waals surface area contributed by atoms with E-state index in [2.05, 4.69) is 4.74 Å². The molecule has 1 heterocycles. The first-order valence-corrected chi connectivity index (χ1v) is 7.58. The van der Waals surface area contributed by atoms with Crippen LogP contribution in [0.15, 0.2) is 22.3 Å². The van der Waals surface area contributed by atoms with Gasteiger partial charge in [0.05, 0.1) is 11.1 Å². The molecule has 0 aromatic heterocycles. The van der Waals surface area contributed by atoms with Crippen molar-refractivity contribution in [1.29, 1.82) is 0 Å². The monoisotopic (exact) mass is 380 g/mol. The summed E-state index contributed by atoms with van der Waals surface area (Å²) in [5.41, 5.74) is 2.36. The fourth-order valence-electron chi connectivity index (χ4n) is 2.45. The molecule has 0 aromatic rings. The average molecular weight is 380 g/mol. The zero-order valence-electron chi connectivity index (χ0n) is 14.6. The SMILES string of the molecule is CC(C)=C1C(=O)OC(=O)/C1=C(/C)[C]1[CH][CH][CH][CH]1.CO[C]1[CH][CH][CH][CH]1.[Fe]. The summed E-state index contributed by atoms with van der Waals surface area (Å²) in [4.78, 5) is 23.3. The molecule has 0 N–H and O–H groups in total. The van der Waals surface area contributed by atoms with Gasteiger partial charge in [-0.2, -0.15) is 0 Å². The van der Waals surface area contributed by atoms with Gasteiger partial charge in [-0.1, -0.05) is 11.1 Å². The van der Waals surface area contributed by atoms with Gasteiger partial charge < -0.3 is 9.47 Å². The molecular formula is C20H20FeO4. The molecular weight excluding hydrogens is 360 g/mol. The van der Waals surface area contributed by atoms with Crippen LogP contribution >= 0.6 is 0 Å². The summed E-state index contributed by atoms with van der Waals surface area (Å²) in [5.74, 6) is -0.161. The summed E-state index contributed by atoms with van der Waals surface area (Å²) in [5, 5.41) is 0. The molecule has 0 unspecified atom stereocenters. The van der Waals surface area contributed by atoms with Crippen molar-refractivity contribution in [3.8, 4) is 0 Å². The first kappa shape index (κ1) is 22.1. The Balaban J connectivity index is 0.000000330. The molecule has 0 atom stereocenters. The minimum Gasteiger partial charge on any atom is -0.386 e. The number of hydrogen-bond acceptors (Lipinski definition) is 4. The van der Waals surface area contributed by atoms with Gasteiger partial charge in [0.1, 0.15) is 6.10 Å². The number of allylic oxidation sites excluding steroid dienone is 2. The van der Waals surface area contributed by atoms with Crippen LogP contribution < -0.4 is 0 Å². The molecule has 1 saturated heterocycles. The number of rotatable bonds is 2. The van der Waals surface area contributed by atoms with Crippen molar-refractivity contribution >= 4 is 11.9 Å². The molecule has 3 fully saturated rings. The number of cyclic esters (lactones) is 2. The smallest absolute Gasteiger partial charge is 0.346 e. The van der Waals surface area contributed by atoms with Gasteiger partial charge in [0, 0.05) is 42.9 Å². The zero-order chi connectivity index (χ0) is 17.7. The van der Waals surface area contributed by atoms with Crippen LogP contribution in [0, 0.1) is 63.4 Å². The Bertz CT molecular complexity index is 546. The van der Waals surface area contributed by atoms with Gasteiger partial charge in [0.25, 0.3) is 0 Å². The van der Waals surface area contributed by atoms with Gasteiger partial charge in [-0.15, -0.1) is 0 Å². The molecule has 5 heteroatoms. The van der Waals surface area contributed by atoms with Gasteiger partial charge in [-0.25, -0.2) is 9.59 Å². The Labute approximate surface area is 161 Å². The Morgan fingerprint density at radius 2 is 1.32 bits per heavy atom. The van der Waals surface area contributed by atoms with Crippen molar-refractivity contribution in [2.45, 2.75) is 20.8 Å². The second-order valence-electron chi connectivity index (χ2n) is 5.55. The number of esters is 2. The molecule has 0 amide bonds. The third kappa shape index (κ3) is 5.54. The minimum atomic E-state index is -0.551. The maximum Gasteiger partial charge on any atom is 0.346 e. The van der Waals surface area contributed by atoms with Crippen LogP contribution in [0.3, 0.4) is 0 Å². The molecule has 2 saturated carbocycles. The molecule has 4 nitrogen and oxygen atoms in total. The van der Waals surface area contributed by atoms with Crippen molar-refractivity contribution in [1.82, 2.24) is 0 Å². The van der Waals surface area contributed by atoms with E-state index >= 15 is 0 Å². The van der Waals surface area contributed by atoms with E-state index in [-0.39, 0.29) is 17.1 Å². The van der Waals surface area contributed by atoms with E-state index in [0.29, 0.717) is 11.1 Å². The largest absolute Gasteiger partial charge is 0.386 e. The Hall–Kier alpha value is -0.901. The number of carbonyl (C=O) groups excluding carboxylic acids is 2. The molecule has 132 valence electrons. The van der Waals surface area contributed by atoms with E-state index < -0.39 is 11.9 Å². The second-order valence-corrected chi connectivity index (χ2v) is 5.55. The molecule has 0 aromatic carbocycles. The van der Waals surface area contributed by atoms with E-state index in [4.69, 9.17) is 4.74 Å². The predicted octanol–water partition coefficient (Wildman–Crippen LogP) is 3.12. The van der Waals surface area contributed by atoms with Crippen molar-refractivity contribution in [2.75, 3.05) is 7.11 Å². The molecule has 3 aliphatic rings. The number of ether oxygens (including phenoxy) is 2. The quantitative estimate of drug-likeness (QED) is 0.320. The molecule has 0 spiro atoms. The van der Waals surface area contributed by atoms with Gasteiger partial charge in [0.2, 0.25) is 0 Å². The fraction of sp³-hybridized carbons (Fsp3) is 0.200. The summed E-state index contributed by atoms with van der Waals surface area (Å²) in [6.07, 6.45) is 16.2. The second kappa shape index (κ2) is 10.3. The molecule has 3 rings (SSSR count). The van der Waals surface area contributed by atoms with Crippen LogP contribution in [0.25, 0.3) is 0 Å². The maximum atomic E-state index is 11.7. The van der Waals surface area contributed by atoms with E-state index in [1.165, 1.54) is 0 Å². The van der Waals surface area contributed by atoms with Gasteiger partial charge in [0.15, 0.2) is 0 Å². The van der Waals surface area contributed by atoms with Crippen LogP contribution in [0.2, 0.25) is 0 Å². The third-order valence-corrected chi connectivity index (χ3v) is 3.68. The predicted molar refractivity (Wildman–Crippen MR) is 90.1 cm³/mol. The summed E-state index contributed by atoms with van der Waals surface area (Å²) in [6, 6.07) is 0. The van der Waals surface area contributed by atoms with E-state index in [0.717, 1.165) is 23.2 Å². The summed E-state index contributed by atoms with van der Waals surface area (Å²) >= 11 is 0. The van der Waals surface area contributed by atoms with Crippen LogP contribution in [-0.2, 0) is 36.1 Å². The summed E-state index contributed by atoms with van der Waals surface area (Å²) < 4.78 is 9.53.